The Morgan fingerprint density at radius 1 is 1.41 bits per heavy atom. The Kier molecular flexibility index (Phi) is 3.07. The van der Waals surface area contributed by atoms with Crippen LogP contribution in [0.3, 0.4) is 0 Å². The fourth-order valence-corrected chi connectivity index (χ4v) is 2.05. The minimum atomic E-state index is -0.491. The van der Waals surface area contributed by atoms with E-state index in [2.05, 4.69) is 5.32 Å². The van der Waals surface area contributed by atoms with E-state index in [1.807, 2.05) is 13.0 Å². The highest BCUT2D eigenvalue weighted by molar-refractivity contribution is 6.31. The summed E-state index contributed by atoms with van der Waals surface area (Å²) >= 11 is 5.92. The molecule has 4 nitrogen and oxygen atoms in total. The Balaban J connectivity index is 2.41. The predicted molar refractivity (Wildman–Crippen MR) is 66.1 cm³/mol. The third kappa shape index (κ3) is 2.26. The molecule has 1 aliphatic heterocycles. The standard InChI is InChI=1S/C12H13ClN2O2/c1-7-3-4-9(13)5-10(7)15-6-11(16)14-8(2)12(15)17/h3-5,8H,6H2,1-2H3,(H,14,16). The van der Waals surface area contributed by atoms with Crippen LogP contribution in [0, 0.1) is 6.92 Å². The lowest BCUT2D eigenvalue weighted by Crippen LogP contribution is -2.57. The first-order valence-corrected chi connectivity index (χ1v) is 5.73. The number of carbonyl (C=O) groups is 2. The van der Waals surface area contributed by atoms with Crippen molar-refractivity contribution < 1.29 is 9.59 Å². The highest BCUT2D eigenvalue weighted by Gasteiger charge is 2.31. The normalized spacial score (nSPS) is 20.4. The average molecular weight is 253 g/mol. The zero-order valence-corrected chi connectivity index (χ0v) is 10.4. The molecule has 90 valence electrons. The van der Waals surface area contributed by atoms with Crippen molar-refractivity contribution in [3.63, 3.8) is 0 Å². The minimum Gasteiger partial charge on any atom is -0.343 e. The zero-order valence-electron chi connectivity index (χ0n) is 9.66. The van der Waals surface area contributed by atoms with E-state index < -0.39 is 6.04 Å². The number of benzene rings is 1. The number of rotatable bonds is 1. The van der Waals surface area contributed by atoms with Gasteiger partial charge in [-0.1, -0.05) is 17.7 Å². The second kappa shape index (κ2) is 4.37. The number of carbonyl (C=O) groups excluding carboxylic acids is 2. The average Bonchev–Trinajstić information content (AvgIpc) is 2.27. The maximum Gasteiger partial charge on any atom is 0.249 e. The fourth-order valence-electron chi connectivity index (χ4n) is 1.88. The minimum absolute atomic E-state index is 0.0460. The molecule has 1 unspecified atom stereocenters. The summed E-state index contributed by atoms with van der Waals surface area (Å²) in [4.78, 5) is 24.9. The van der Waals surface area contributed by atoms with Gasteiger partial charge in [0, 0.05) is 10.7 Å². The third-order valence-corrected chi connectivity index (χ3v) is 3.01. The van der Waals surface area contributed by atoms with E-state index in [1.165, 1.54) is 4.90 Å². The zero-order chi connectivity index (χ0) is 12.6. The van der Waals surface area contributed by atoms with Crippen molar-refractivity contribution in [2.24, 2.45) is 0 Å². The van der Waals surface area contributed by atoms with Gasteiger partial charge in [0.25, 0.3) is 0 Å². The molecule has 0 spiro atoms. The van der Waals surface area contributed by atoms with Gasteiger partial charge >= 0.3 is 0 Å². The van der Waals surface area contributed by atoms with Gasteiger partial charge in [0.05, 0.1) is 0 Å². The molecule has 0 bridgehead atoms. The number of aryl methyl sites for hydroxylation is 1. The van der Waals surface area contributed by atoms with Crippen LogP contribution in [0.2, 0.25) is 5.02 Å². The molecule has 17 heavy (non-hydrogen) atoms. The van der Waals surface area contributed by atoms with Crippen LogP contribution in [0.25, 0.3) is 0 Å². The van der Waals surface area contributed by atoms with Gasteiger partial charge < -0.3 is 10.2 Å². The van der Waals surface area contributed by atoms with E-state index in [9.17, 15) is 9.59 Å². The van der Waals surface area contributed by atoms with Gasteiger partial charge in [-0.3, -0.25) is 9.59 Å². The van der Waals surface area contributed by atoms with Crippen molar-refractivity contribution >= 4 is 29.1 Å². The van der Waals surface area contributed by atoms with Gasteiger partial charge in [-0.2, -0.15) is 0 Å². The Labute approximate surface area is 105 Å². The number of nitrogens with zero attached hydrogens (tertiary/aromatic N) is 1. The molecule has 2 rings (SSSR count). The highest BCUT2D eigenvalue weighted by Crippen LogP contribution is 2.25. The van der Waals surface area contributed by atoms with Crippen molar-refractivity contribution in [1.82, 2.24) is 5.32 Å². The van der Waals surface area contributed by atoms with Crippen LogP contribution in [0.1, 0.15) is 12.5 Å². The summed E-state index contributed by atoms with van der Waals surface area (Å²) in [6, 6.07) is 4.82. The van der Waals surface area contributed by atoms with E-state index in [-0.39, 0.29) is 18.4 Å². The molecule has 1 saturated heterocycles. The number of hydrogen-bond acceptors (Lipinski definition) is 2. The molecule has 1 heterocycles. The van der Waals surface area contributed by atoms with Crippen molar-refractivity contribution in [2.75, 3.05) is 11.4 Å². The summed E-state index contributed by atoms with van der Waals surface area (Å²) in [7, 11) is 0. The quantitative estimate of drug-likeness (QED) is 0.824. The highest BCUT2D eigenvalue weighted by atomic mass is 35.5. The van der Waals surface area contributed by atoms with Crippen LogP contribution in [-0.4, -0.2) is 24.4 Å². The number of halogens is 1. The van der Waals surface area contributed by atoms with Gasteiger partial charge in [0.1, 0.15) is 12.6 Å². The molecule has 0 aliphatic carbocycles. The van der Waals surface area contributed by atoms with E-state index in [1.54, 1.807) is 19.1 Å². The van der Waals surface area contributed by atoms with Gasteiger partial charge in [0.2, 0.25) is 11.8 Å². The summed E-state index contributed by atoms with van der Waals surface area (Å²) < 4.78 is 0. The smallest absolute Gasteiger partial charge is 0.249 e. The molecule has 1 aromatic rings. The monoisotopic (exact) mass is 252 g/mol. The molecule has 1 atom stereocenters. The van der Waals surface area contributed by atoms with Crippen LogP contribution in [0.5, 0.6) is 0 Å². The van der Waals surface area contributed by atoms with Gasteiger partial charge in [-0.25, -0.2) is 0 Å². The summed E-state index contributed by atoms with van der Waals surface area (Å²) in [5.41, 5.74) is 1.62. The predicted octanol–water partition coefficient (Wildman–Crippen LogP) is 1.50. The largest absolute Gasteiger partial charge is 0.343 e. The first-order chi connectivity index (χ1) is 7.99. The molecule has 0 radical (unpaired) electrons. The second-order valence-corrected chi connectivity index (χ2v) is 4.58. The Bertz CT molecular complexity index is 487. The SMILES string of the molecule is Cc1ccc(Cl)cc1N1CC(=O)NC(C)C1=O. The van der Waals surface area contributed by atoms with Crippen LogP contribution in [0.4, 0.5) is 5.69 Å². The lowest BCUT2D eigenvalue weighted by Gasteiger charge is -2.31. The maximum atomic E-state index is 12.0. The molecular formula is C12H13ClN2O2. The molecule has 1 fully saturated rings. The molecule has 0 aromatic heterocycles. The molecule has 2 amide bonds. The molecule has 1 aliphatic rings. The lowest BCUT2D eigenvalue weighted by molar-refractivity contribution is -0.130. The Morgan fingerprint density at radius 2 is 2.12 bits per heavy atom. The molecule has 0 saturated carbocycles. The van der Waals surface area contributed by atoms with Crippen molar-refractivity contribution in [3.8, 4) is 0 Å². The lowest BCUT2D eigenvalue weighted by atomic mass is 10.1. The topological polar surface area (TPSA) is 49.4 Å². The van der Waals surface area contributed by atoms with Gasteiger partial charge in [-0.05, 0) is 31.5 Å². The summed E-state index contributed by atoms with van der Waals surface area (Å²) in [5, 5.41) is 3.15. The van der Waals surface area contributed by atoms with Gasteiger partial charge in [0.15, 0.2) is 0 Å². The van der Waals surface area contributed by atoms with Crippen LogP contribution >= 0.6 is 11.6 Å². The maximum absolute atomic E-state index is 12.0. The third-order valence-electron chi connectivity index (χ3n) is 2.78. The van der Waals surface area contributed by atoms with Crippen molar-refractivity contribution in [3.05, 3.63) is 28.8 Å². The molecule has 1 N–H and O–H groups in total. The fraction of sp³-hybridized carbons (Fsp3) is 0.333. The summed E-state index contributed by atoms with van der Waals surface area (Å²) in [6.45, 7) is 3.60. The number of nitrogens with one attached hydrogen (secondary N) is 1. The first kappa shape index (κ1) is 11.9. The second-order valence-electron chi connectivity index (χ2n) is 4.14. The first-order valence-electron chi connectivity index (χ1n) is 5.36. The van der Waals surface area contributed by atoms with E-state index in [4.69, 9.17) is 11.6 Å². The van der Waals surface area contributed by atoms with E-state index in [0.717, 1.165) is 5.56 Å². The molecular weight excluding hydrogens is 240 g/mol. The number of amides is 2. The van der Waals surface area contributed by atoms with Crippen LogP contribution < -0.4 is 10.2 Å². The van der Waals surface area contributed by atoms with Crippen molar-refractivity contribution in [1.29, 1.82) is 0 Å². The summed E-state index contributed by atoms with van der Waals surface area (Å²) in [6.07, 6.45) is 0. The number of hydrogen-bond donors (Lipinski definition) is 1. The molecule has 1 aromatic carbocycles. The van der Waals surface area contributed by atoms with Crippen LogP contribution in [-0.2, 0) is 9.59 Å². The van der Waals surface area contributed by atoms with Gasteiger partial charge in [-0.15, -0.1) is 0 Å². The van der Waals surface area contributed by atoms with E-state index in [0.29, 0.717) is 10.7 Å². The van der Waals surface area contributed by atoms with Crippen molar-refractivity contribution in [2.45, 2.75) is 19.9 Å². The molecule has 5 heteroatoms. The Hall–Kier alpha value is -1.55. The van der Waals surface area contributed by atoms with E-state index >= 15 is 0 Å². The number of anilines is 1. The summed E-state index contributed by atoms with van der Waals surface area (Å²) in [5.74, 6) is -0.272. The van der Waals surface area contributed by atoms with Crippen LogP contribution in [0.15, 0.2) is 18.2 Å². The number of piperazine rings is 1. The Morgan fingerprint density at radius 3 is 2.82 bits per heavy atom.